The number of furan rings is 1. The van der Waals surface area contributed by atoms with Crippen LogP contribution < -0.4 is 0 Å². The zero-order chi connectivity index (χ0) is 16.1. The van der Waals surface area contributed by atoms with E-state index in [9.17, 15) is 9.18 Å². The van der Waals surface area contributed by atoms with Crippen LogP contribution in [0.25, 0.3) is 0 Å². The maximum atomic E-state index is 12.9. The van der Waals surface area contributed by atoms with E-state index in [2.05, 4.69) is 4.98 Å². The van der Waals surface area contributed by atoms with E-state index in [1.807, 2.05) is 0 Å². The minimum absolute atomic E-state index is 0.116. The first-order chi connectivity index (χ1) is 11.2. The van der Waals surface area contributed by atoms with Crippen LogP contribution in [-0.4, -0.2) is 11.0 Å². The van der Waals surface area contributed by atoms with Crippen molar-refractivity contribution in [3.05, 3.63) is 83.7 Å². The molecule has 0 bridgehead atoms. The summed E-state index contributed by atoms with van der Waals surface area (Å²) >= 11 is 0.876. The van der Waals surface area contributed by atoms with Crippen molar-refractivity contribution in [2.45, 2.75) is 11.4 Å². The van der Waals surface area contributed by atoms with Gasteiger partial charge >= 0.3 is 5.97 Å². The van der Waals surface area contributed by atoms with Crippen molar-refractivity contribution in [3.63, 3.8) is 0 Å². The second-order valence-electron chi connectivity index (χ2n) is 4.69. The van der Waals surface area contributed by atoms with Crippen LogP contribution in [0.2, 0.25) is 0 Å². The van der Waals surface area contributed by atoms with Crippen LogP contribution in [0, 0.1) is 5.82 Å². The summed E-state index contributed by atoms with van der Waals surface area (Å²) in [4.78, 5) is 16.0. The number of pyridine rings is 1. The molecule has 0 aliphatic rings. The normalized spacial score (nSPS) is 10.5. The van der Waals surface area contributed by atoms with Gasteiger partial charge in [-0.15, -0.1) is 0 Å². The summed E-state index contributed by atoms with van der Waals surface area (Å²) in [6.45, 7) is 0. The summed E-state index contributed by atoms with van der Waals surface area (Å²) in [6, 6.07) is 14.7. The van der Waals surface area contributed by atoms with Gasteiger partial charge in [0.1, 0.15) is 28.6 Å². The highest BCUT2D eigenvalue weighted by atomic mass is 32.2. The molecule has 0 aliphatic carbocycles. The van der Waals surface area contributed by atoms with Gasteiger partial charge in [0.2, 0.25) is 5.76 Å². The van der Waals surface area contributed by atoms with Gasteiger partial charge in [-0.2, -0.15) is 0 Å². The third-order valence-electron chi connectivity index (χ3n) is 2.99. The standard InChI is InChI=1S/C17H12FNO3S/c18-13-6-4-12(5-7-13)11-14-8-9-15(21-14)17(20)22-23-16-3-1-2-10-19-16/h1-10H,11H2. The predicted octanol–water partition coefficient (Wildman–Crippen LogP) is 4.27. The number of hydrogen-bond acceptors (Lipinski definition) is 5. The van der Waals surface area contributed by atoms with Gasteiger partial charge in [-0.1, -0.05) is 18.2 Å². The lowest BCUT2D eigenvalue weighted by Crippen LogP contribution is -1.98. The lowest BCUT2D eigenvalue weighted by atomic mass is 10.1. The average Bonchev–Trinajstić information content (AvgIpc) is 3.04. The summed E-state index contributed by atoms with van der Waals surface area (Å²) in [5.74, 6) is -0.146. The third kappa shape index (κ3) is 4.20. The van der Waals surface area contributed by atoms with Gasteiger partial charge in [-0.05, 0) is 42.0 Å². The summed E-state index contributed by atoms with van der Waals surface area (Å²) in [5.41, 5.74) is 0.892. The summed E-state index contributed by atoms with van der Waals surface area (Å²) in [6.07, 6.45) is 2.09. The quantitative estimate of drug-likeness (QED) is 0.654. The van der Waals surface area contributed by atoms with Crippen LogP contribution in [0.15, 0.2) is 70.2 Å². The van der Waals surface area contributed by atoms with Gasteiger partial charge in [-0.3, -0.25) is 0 Å². The van der Waals surface area contributed by atoms with E-state index < -0.39 is 5.97 Å². The Bertz CT molecular complexity index is 787. The molecule has 4 nitrogen and oxygen atoms in total. The molecule has 0 unspecified atom stereocenters. The van der Waals surface area contributed by atoms with E-state index in [0.29, 0.717) is 17.2 Å². The van der Waals surface area contributed by atoms with Gasteiger partial charge in [0.25, 0.3) is 0 Å². The molecule has 3 aromatic rings. The second-order valence-corrected chi connectivity index (χ2v) is 5.44. The highest BCUT2D eigenvalue weighted by Crippen LogP contribution is 2.20. The Morgan fingerprint density at radius 1 is 1.13 bits per heavy atom. The maximum absolute atomic E-state index is 12.9. The van der Waals surface area contributed by atoms with Crippen LogP contribution in [0.5, 0.6) is 0 Å². The van der Waals surface area contributed by atoms with Crippen molar-refractivity contribution in [2.75, 3.05) is 0 Å². The number of rotatable bonds is 5. The third-order valence-corrected chi connectivity index (χ3v) is 3.64. The Morgan fingerprint density at radius 2 is 1.96 bits per heavy atom. The first kappa shape index (κ1) is 15.3. The molecule has 0 amide bonds. The molecule has 2 heterocycles. The lowest BCUT2D eigenvalue weighted by molar-refractivity contribution is 0.0733. The fourth-order valence-corrected chi connectivity index (χ4v) is 2.39. The van der Waals surface area contributed by atoms with E-state index in [1.54, 1.807) is 48.7 Å². The number of carbonyl (C=O) groups excluding carboxylic acids is 1. The molecule has 0 radical (unpaired) electrons. The summed E-state index contributed by atoms with van der Waals surface area (Å²) in [5, 5.41) is 0.582. The van der Waals surface area contributed by atoms with Crippen LogP contribution in [-0.2, 0) is 10.6 Å². The molecule has 0 N–H and O–H groups in total. The monoisotopic (exact) mass is 329 g/mol. The number of aromatic nitrogens is 1. The lowest BCUT2D eigenvalue weighted by Gasteiger charge is -2.00. The smallest absolute Gasteiger partial charge is 0.386 e. The van der Waals surface area contributed by atoms with Crippen LogP contribution in [0.3, 0.4) is 0 Å². The molecule has 23 heavy (non-hydrogen) atoms. The van der Waals surface area contributed by atoms with Gasteiger partial charge in [0, 0.05) is 12.6 Å². The minimum Gasteiger partial charge on any atom is -0.454 e. The van der Waals surface area contributed by atoms with E-state index in [0.717, 1.165) is 17.6 Å². The first-order valence-corrected chi connectivity index (χ1v) is 7.58. The number of benzene rings is 1. The largest absolute Gasteiger partial charge is 0.454 e. The highest BCUT2D eigenvalue weighted by Gasteiger charge is 2.14. The molecular weight excluding hydrogens is 317 g/mol. The molecule has 0 atom stereocenters. The average molecular weight is 329 g/mol. The molecule has 2 aromatic heterocycles. The van der Waals surface area contributed by atoms with Gasteiger partial charge in [0.05, 0.1) is 0 Å². The summed E-state index contributed by atoms with van der Waals surface area (Å²) in [7, 11) is 0. The molecule has 3 rings (SSSR count). The van der Waals surface area contributed by atoms with Gasteiger partial charge < -0.3 is 8.60 Å². The molecule has 116 valence electrons. The molecule has 0 spiro atoms. The van der Waals surface area contributed by atoms with Crippen molar-refractivity contribution < 1.29 is 17.8 Å². The molecule has 0 fully saturated rings. The van der Waals surface area contributed by atoms with Crippen LogP contribution >= 0.6 is 12.0 Å². The van der Waals surface area contributed by atoms with Crippen molar-refractivity contribution in [1.29, 1.82) is 0 Å². The van der Waals surface area contributed by atoms with Crippen molar-refractivity contribution >= 4 is 18.0 Å². The number of hydrogen-bond donors (Lipinski definition) is 0. The number of carbonyl (C=O) groups is 1. The molecule has 1 aromatic carbocycles. The van der Waals surface area contributed by atoms with Crippen molar-refractivity contribution in [2.24, 2.45) is 0 Å². The predicted molar refractivity (Wildman–Crippen MR) is 83.4 cm³/mol. The van der Waals surface area contributed by atoms with Crippen molar-refractivity contribution in [3.8, 4) is 0 Å². The number of halogens is 1. The molecule has 0 aliphatic heterocycles. The topological polar surface area (TPSA) is 52.3 Å². The minimum atomic E-state index is -0.578. The molecular formula is C17H12FNO3S. The van der Waals surface area contributed by atoms with Crippen LogP contribution in [0.1, 0.15) is 21.9 Å². The maximum Gasteiger partial charge on any atom is 0.386 e. The second kappa shape index (κ2) is 7.11. The Kier molecular flexibility index (Phi) is 4.73. The zero-order valence-corrected chi connectivity index (χ0v) is 12.8. The Hall–Kier alpha value is -2.60. The molecule has 0 saturated carbocycles. The Morgan fingerprint density at radius 3 is 2.70 bits per heavy atom. The fourth-order valence-electron chi connectivity index (χ4n) is 1.90. The first-order valence-electron chi connectivity index (χ1n) is 6.84. The van der Waals surface area contributed by atoms with Gasteiger partial charge in [-0.25, -0.2) is 14.2 Å². The summed E-state index contributed by atoms with van der Waals surface area (Å²) < 4.78 is 23.4. The van der Waals surface area contributed by atoms with Gasteiger partial charge in [0.15, 0.2) is 0 Å². The van der Waals surface area contributed by atoms with E-state index in [4.69, 9.17) is 8.60 Å². The van der Waals surface area contributed by atoms with E-state index in [-0.39, 0.29) is 11.6 Å². The SMILES string of the molecule is O=C(OSc1ccccn1)c1ccc(Cc2ccc(F)cc2)o1. The Balaban J connectivity index is 1.59. The van der Waals surface area contributed by atoms with Crippen molar-refractivity contribution in [1.82, 2.24) is 4.98 Å². The Labute approximate surface area is 136 Å². The fraction of sp³-hybridized carbons (Fsp3) is 0.0588. The van der Waals surface area contributed by atoms with E-state index >= 15 is 0 Å². The zero-order valence-electron chi connectivity index (χ0n) is 11.9. The number of nitrogens with zero attached hydrogens (tertiary/aromatic N) is 1. The van der Waals surface area contributed by atoms with E-state index in [1.165, 1.54) is 12.1 Å². The van der Waals surface area contributed by atoms with Crippen LogP contribution in [0.4, 0.5) is 4.39 Å². The molecule has 0 saturated heterocycles. The molecule has 6 heteroatoms. The highest BCUT2D eigenvalue weighted by molar-refractivity contribution is 7.95.